The molecule has 6 nitrogen and oxygen atoms in total. The lowest BCUT2D eigenvalue weighted by atomic mass is 9.92. The van der Waals surface area contributed by atoms with Crippen molar-refractivity contribution in [3.63, 3.8) is 0 Å². The minimum Gasteiger partial charge on any atom is -0.336 e. The quantitative estimate of drug-likeness (QED) is 0.711. The Kier molecular flexibility index (Phi) is 7.25. The third-order valence-electron chi connectivity index (χ3n) is 6.27. The summed E-state index contributed by atoms with van der Waals surface area (Å²) < 4.78 is 27.9. The van der Waals surface area contributed by atoms with Gasteiger partial charge in [-0.3, -0.25) is 9.69 Å². The summed E-state index contributed by atoms with van der Waals surface area (Å²) in [5, 5.41) is 0. The molecule has 0 bridgehead atoms. The van der Waals surface area contributed by atoms with E-state index in [1.807, 2.05) is 11.8 Å². The number of amides is 1. The molecule has 2 aliphatic rings. The predicted molar refractivity (Wildman–Crippen MR) is 120 cm³/mol. The van der Waals surface area contributed by atoms with Crippen LogP contribution in [0.4, 0.5) is 0 Å². The maximum absolute atomic E-state index is 13.1. The number of hydrogen-bond donors (Lipinski definition) is 0. The van der Waals surface area contributed by atoms with E-state index in [2.05, 4.69) is 25.7 Å². The molecule has 1 unspecified atom stereocenters. The minimum atomic E-state index is -3.57. The topological polar surface area (TPSA) is 60.9 Å². The average molecular weight is 436 g/mol. The minimum absolute atomic E-state index is 0.00397. The van der Waals surface area contributed by atoms with Crippen molar-refractivity contribution >= 4 is 15.9 Å². The van der Waals surface area contributed by atoms with Crippen molar-refractivity contribution in [2.24, 2.45) is 5.41 Å². The summed E-state index contributed by atoms with van der Waals surface area (Å²) in [4.78, 5) is 17.5. The second kappa shape index (κ2) is 9.37. The Hall–Kier alpha value is -1.44. The van der Waals surface area contributed by atoms with Crippen LogP contribution in [0.3, 0.4) is 0 Å². The highest BCUT2D eigenvalue weighted by Gasteiger charge is 2.32. The monoisotopic (exact) mass is 435 g/mol. The maximum Gasteiger partial charge on any atom is 0.253 e. The third kappa shape index (κ3) is 5.62. The van der Waals surface area contributed by atoms with Crippen LogP contribution >= 0.6 is 0 Å². The molecule has 0 saturated carbocycles. The molecule has 0 radical (unpaired) electrons. The molecule has 3 rings (SSSR count). The third-order valence-corrected chi connectivity index (χ3v) is 8.28. The van der Waals surface area contributed by atoms with Crippen LogP contribution < -0.4 is 0 Å². The molecule has 30 heavy (non-hydrogen) atoms. The van der Waals surface area contributed by atoms with E-state index in [0.29, 0.717) is 30.6 Å². The van der Waals surface area contributed by atoms with Gasteiger partial charge in [-0.25, -0.2) is 8.42 Å². The standard InChI is InChI=1S/C23H37N3O3S/c1-19-8-5-6-12-26(19)30(28,29)21-10-7-9-20(18-21)22(27)25-16-14-24(15-17-25)13-11-23(2,3)4/h7,9-10,18-19H,5-6,8,11-17H2,1-4H3. The summed E-state index contributed by atoms with van der Waals surface area (Å²) >= 11 is 0. The zero-order valence-electron chi connectivity index (χ0n) is 18.9. The van der Waals surface area contributed by atoms with Crippen LogP contribution in [0.15, 0.2) is 29.2 Å². The number of carbonyl (C=O) groups is 1. The van der Waals surface area contributed by atoms with Crippen LogP contribution in [0.25, 0.3) is 0 Å². The molecular formula is C23H37N3O3S. The molecule has 0 spiro atoms. The lowest BCUT2D eigenvalue weighted by molar-refractivity contribution is 0.0623. The van der Waals surface area contributed by atoms with E-state index in [4.69, 9.17) is 0 Å². The van der Waals surface area contributed by atoms with Crippen molar-refractivity contribution in [3.05, 3.63) is 29.8 Å². The Balaban J connectivity index is 1.65. The van der Waals surface area contributed by atoms with Gasteiger partial charge in [-0.1, -0.05) is 33.3 Å². The van der Waals surface area contributed by atoms with Crippen LogP contribution in [-0.4, -0.2) is 73.7 Å². The van der Waals surface area contributed by atoms with E-state index in [1.54, 1.807) is 28.6 Å². The summed E-state index contributed by atoms with van der Waals surface area (Å²) in [6, 6.07) is 6.59. The highest BCUT2D eigenvalue weighted by Crippen LogP contribution is 2.26. The number of hydrogen-bond acceptors (Lipinski definition) is 4. The molecule has 1 aromatic rings. The van der Waals surface area contributed by atoms with E-state index in [0.717, 1.165) is 45.3 Å². The van der Waals surface area contributed by atoms with Gasteiger partial charge in [-0.15, -0.1) is 0 Å². The van der Waals surface area contributed by atoms with Crippen LogP contribution in [0.1, 0.15) is 63.7 Å². The number of benzene rings is 1. The van der Waals surface area contributed by atoms with Crippen molar-refractivity contribution in [3.8, 4) is 0 Å². The zero-order valence-corrected chi connectivity index (χ0v) is 19.7. The van der Waals surface area contributed by atoms with E-state index >= 15 is 0 Å². The highest BCUT2D eigenvalue weighted by atomic mass is 32.2. The van der Waals surface area contributed by atoms with Gasteiger partial charge in [0.1, 0.15) is 0 Å². The van der Waals surface area contributed by atoms with Crippen molar-refractivity contribution in [2.75, 3.05) is 39.3 Å². The fraction of sp³-hybridized carbons (Fsp3) is 0.696. The first-order chi connectivity index (χ1) is 14.1. The molecule has 0 aliphatic carbocycles. The number of piperidine rings is 1. The molecular weight excluding hydrogens is 398 g/mol. The van der Waals surface area contributed by atoms with Gasteiger partial charge in [-0.05, 0) is 56.3 Å². The number of nitrogens with zero attached hydrogens (tertiary/aromatic N) is 3. The van der Waals surface area contributed by atoms with E-state index < -0.39 is 10.0 Å². The Morgan fingerprint density at radius 1 is 1.07 bits per heavy atom. The molecule has 1 atom stereocenters. The van der Waals surface area contributed by atoms with Crippen LogP contribution in [0.5, 0.6) is 0 Å². The molecule has 0 N–H and O–H groups in total. The number of piperazine rings is 1. The highest BCUT2D eigenvalue weighted by molar-refractivity contribution is 7.89. The summed E-state index contributed by atoms with van der Waals surface area (Å²) in [5.74, 6) is -0.0748. The van der Waals surface area contributed by atoms with E-state index in [1.165, 1.54) is 0 Å². The first kappa shape index (κ1) is 23.2. The van der Waals surface area contributed by atoms with Gasteiger partial charge in [-0.2, -0.15) is 4.31 Å². The number of carbonyl (C=O) groups excluding carboxylic acids is 1. The Bertz CT molecular complexity index is 839. The second-order valence-corrected chi connectivity index (χ2v) is 11.8. The Morgan fingerprint density at radius 3 is 2.40 bits per heavy atom. The second-order valence-electron chi connectivity index (χ2n) is 9.93. The Morgan fingerprint density at radius 2 is 1.77 bits per heavy atom. The largest absolute Gasteiger partial charge is 0.336 e. The maximum atomic E-state index is 13.1. The van der Waals surface area contributed by atoms with Crippen molar-refractivity contribution in [1.82, 2.24) is 14.1 Å². The van der Waals surface area contributed by atoms with Crippen molar-refractivity contribution in [1.29, 1.82) is 0 Å². The summed E-state index contributed by atoms with van der Waals surface area (Å²) in [5.41, 5.74) is 0.772. The van der Waals surface area contributed by atoms with Gasteiger partial charge >= 0.3 is 0 Å². The zero-order chi connectivity index (χ0) is 21.9. The van der Waals surface area contributed by atoms with Gasteiger partial charge in [0.25, 0.3) is 5.91 Å². The van der Waals surface area contributed by atoms with Gasteiger partial charge < -0.3 is 4.90 Å². The van der Waals surface area contributed by atoms with E-state index in [9.17, 15) is 13.2 Å². The van der Waals surface area contributed by atoms with Crippen molar-refractivity contribution in [2.45, 2.75) is 64.3 Å². The summed E-state index contributed by atoms with van der Waals surface area (Å²) in [7, 11) is -3.57. The smallest absolute Gasteiger partial charge is 0.253 e. The SMILES string of the molecule is CC1CCCCN1S(=O)(=O)c1cccc(C(=O)N2CCN(CCC(C)(C)C)CC2)c1. The molecule has 168 valence electrons. The fourth-order valence-electron chi connectivity index (χ4n) is 4.20. The van der Waals surface area contributed by atoms with Gasteiger partial charge in [0.15, 0.2) is 0 Å². The molecule has 1 amide bonds. The molecule has 1 aromatic carbocycles. The molecule has 7 heteroatoms. The average Bonchev–Trinajstić information content (AvgIpc) is 2.72. The van der Waals surface area contributed by atoms with Gasteiger partial charge in [0.2, 0.25) is 10.0 Å². The first-order valence-electron chi connectivity index (χ1n) is 11.2. The molecule has 2 heterocycles. The van der Waals surface area contributed by atoms with Crippen LogP contribution in [0.2, 0.25) is 0 Å². The Labute approximate surface area is 182 Å². The molecule has 2 saturated heterocycles. The fourth-order valence-corrected chi connectivity index (χ4v) is 5.95. The first-order valence-corrected chi connectivity index (χ1v) is 12.7. The van der Waals surface area contributed by atoms with Gasteiger partial charge in [0.05, 0.1) is 4.90 Å². The predicted octanol–water partition coefficient (Wildman–Crippen LogP) is 3.44. The normalized spacial score (nSPS) is 22.3. The van der Waals surface area contributed by atoms with Crippen LogP contribution in [0, 0.1) is 5.41 Å². The molecule has 0 aromatic heterocycles. The number of rotatable bonds is 5. The lowest BCUT2D eigenvalue weighted by Gasteiger charge is -2.36. The molecule has 2 fully saturated rings. The number of sulfonamides is 1. The summed E-state index contributed by atoms with van der Waals surface area (Å²) in [6.07, 6.45) is 3.97. The van der Waals surface area contributed by atoms with E-state index in [-0.39, 0.29) is 16.8 Å². The lowest BCUT2D eigenvalue weighted by Crippen LogP contribution is -2.49. The van der Waals surface area contributed by atoms with Crippen molar-refractivity contribution < 1.29 is 13.2 Å². The summed E-state index contributed by atoms with van der Waals surface area (Å²) in [6.45, 7) is 13.4. The van der Waals surface area contributed by atoms with Crippen LogP contribution in [-0.2, 0) is 10.0 Å². The van der Waals surface area contributed by atoms with Gasteiger partial charge in [0, 0.05) is 44.3 Å². The molecule has 2 aliphatic heterocycles.